The molecule has 0 amide bonds. The Morgan fingerprint density at radius 2 is 1.22 bits per heavy atom. The molecule has 0 saturated heterocycles. The van der Waals surface area contributed by atoms with Crippen LogP contribution in [-0.4, -0.2) is 23.9 Å². The number of para-hydroxylation sites is 5. The summed E-state index contributed by atoms with van der Waals surface area (Å²) in [6, 6.07) is 44.1. The first-order valence-electron chi connectivity index (χ1n) is 13.6. The lowest BCUT2D eigenvalue weighted by Crippen LogP contribution is -1.97. The lowest BCUT2D eigenvalue weighted by atomic mass is 10.0. The number of aromatic nitrogens is 5. The average Bonchev–Trinajstić information content (AvgIpc) is 3.71. The molecule has 0 saturated carbocycles. The Kier molecular flexibility index (Phi) is 4.71. The minimum atomic E-state index is 0.913. The maximum atomic E-state index is 5.21. The molecule has 0 aliphatic carbocycles. The van der Waals surface area contributed by atoms with E-state index in [1.54, 1.807) is 11.3 Å². The fourth-order valence-electron chi connectivity index (χ4n) is 5.91. The predicted octanol–water partition coefficient (Wildman–Crippen LogP) is 8.92. The van der Waals surface area contributed by atoms with Crippen molar-refractivity contribution < 1.29 is 0 Å². The van der Waals surface area contributed by atoms with E-state index in [9.17, 15) is 0 Å². The summed E-state index contributed by atoms with van der Waals surface area (Å²) >= 11 is 1.71. The van der Waals surface area contributed by atoms with Gasteiger partial charge in [-0.05, 0) is 42.5 Å². The Labute approximate surface area is 238 Å². The van der Waals surface area contributed by atoms with Crippen LogP contribution in [0.3, 0.4) is 0 Å². The van der Waals surface area contributed by atoms with Crippen LogP contribution in [0.15, 0.2) is 127 Å². The Hall–Kier alpha value is -5.33. The summed E-state index contributed by atoms with van der Waals surface area (Å²) in [6.45, 7) is 0. The van der Waals surface area contributed by atoms with Crippen molar-refractivity contribution in [3.63, 3.8) is 0 Å². The van der Waals surface area contributed by atoms with E-state index in [4.69, 9.17) is 15.0 Å². The molecule has 5 aromatic carbocycles. The molecule has 0 fully saturated rings. The molecule has 41 heavy (non-hydrogen) atoms. The van der Waals surface area contributed by atoms with Crippen LogP contribution in [0.1, 0.15) is 0 Å². The van der Waals surface area contributed by atoms with E-state index in [0.29, 0.717) is 0 Å². The highest BCUT2D eigenvalue weighted by Crippen LogP contribution is 2.38. The van der Waals surface area contributed by atoms with Crippen LogP contribution in [0, 0.1) is 0 Å². The van der Waals surface area contributed by atoms with Gasteiger partial charge in [-0.15, -0.1) is 0 Å². The second-order valence-corrected chi connectivity index (χ2v) is 11.2. The number of hydrogen-bond acceptors (Lipinski definition) is 4. The molecule has 192 valence electrons. The average molecular weight is 544 g/mol. The molecule has 6 heteroatoms. The van der Waals surface area contributed by atoms with Crippen LogP contribution in [0.4, 0.5) is 0 Å². The fourth-order valence-corrected chi connectivity index (χ4v) is 6.93. The minimum Gasteiger partial charge on any atom is -0.292 e. The van der Waals surface area contributed by atoms with Crippen molar-refractivity contribution >= 4 is 59.5 Å². The van der Waals surface area contributed by atoms with Crippen molar-refractivity contribution in [2.75, 3.05) is 0 Å². The van der Waals surface area contributed by atoms with Crippen LogP contribution in [0.25, 0.3) is 76.5 Å². The van der Waals surface area contributed by atoms with Crippen LogP contribution < -0.4 is 0 Å². The van der Waals surface area contributed by atoms with Gasteiger partial charge in [0.15, 0.2) is 4.96 Å². The van der Waals surface area contributed by atoms with Crippen molar-refractivity contribution in [3.8, 4) is 28.3 Å². The summed E-state index contributed by atoms with van der Waals surface area (Å²) in [5.74, 6) is 0.913. The van der Waals surface area contributed by atoms with E-state index in [2.05, 4.69) is 118 Å². The molecule has 0 unspecified atom stereocenters. The van der Waals surface area contributed by atoms with Crippen molar-refractivity contribution in [2.45, 2.75) is 0 Å². The number of thiazole rings is 1. The van der Waals surface area contributed by atoms with Crippen LogP contribution in [-0.2, 0) is 0 Å². The number of pyridine rings is 1. The molecular formula is C35H21N5S. The third kappa shape index (κ3) is 3.31. The molecule has 0 atom stereocenters. The first-order chi connectivity index (χ1) is 20.3. The molecule has 9 aromatic rings. The highest BCUT2D eigenvalue weighted by atomic mass is 32.1. The van der Waals surface area contributed by atoms with Gasteiger partial charge in [-0.3, -0.25) is 8.97 Å². The summed E-state index contributed by atoms with van der Waals surface area (Å²) in [5.41, 5.74) is 10.3. The smallest absolute Gasteiger partial charge is 0.195 e. The van der Waals surface area contributed by atoms with Gasteiger partial charge in [0.1, 0.15) is 16.9 Å². The van der Waals surface area contributed by atoms with Gasteiger partial charge < -0.3 is 0 Å². The number of imidazole rings is 2. The lowest BCUT2D eigenvalue weighted by molar-refractivity contribution is 1.10. The van der Waals surface area contributed by atoms with Crippen LogP contribution >= 0.6 is 11.3 Å². The molecule has 4 heterocycles. The monoisotopic (exact) mass is 543 g/mol. The van der Waals surface area contributed by atoms with Crippen LogP contribution in [0.5, 0.6) is 0 Å². The maximum absolute atomic E-state index is 5.21. The number of nitrogens with zero attached hydrogens (tertiary/aromatic N) is 5. The van der Waals surface area contributed by atoms with E-state index < -0.39 is 0 Å². The van der Waals surface area contributed by atoms with Gasteiger partial charge in [0.2, 0.25) is 0 Å². The second-order valence-electron chi connectivity index (χ2n) is 10.1. The quantitative estimate of drug-likeness (QED) is 0.223. The lowest BCUT2D eigenvalue weighted by Gasteiger charge is -2.11. The number of hydrogen-bond donors (Lipinski definition) is 0. The molecule has 5 nitrogen and oxygen atoms in total. The molecule has 0 aliphatic heterocycles. The zero-order valence-electron chi connectivity index (χ0n) is 21.8. The molecule has 0 N–H and O–H groups in total. The Bertz CT molecular complexity index is 2410. The summed E-state index contributed by atoms with van der Waals surface area (Å²) in [6.07, 6.45) is 0. The zero-order chi connectivity index (χ0) is 26.9. The Balaban J connectivity index is 1.28. The SMILES string of the molecule is c1ccc(-n2c(-c3ccc(-c4nc5ccccc5c5nc6sc7ccccc7n6c45)cc3)nc3ccccc32)cc1. The minimum absolute atomic E-state index is 0.913. The Morgan fingerprint density at radius 1 is 0.537 bits per heavy atom. The standard InChI is InChI=1S/C35H21N5S/c1-2-10-24(11-3-1)39-28-15-7-6-14-27(28)37-34(39)23-20-18-22(19-21-23)31-33-32(25-12-4-5-13-26(25)36-31)38-35-40(33)29-16-8-9-17-30(29)41-35/h1-21H. The van der Waals surface area contributed by atoms with E-state index in [1.807, 2.05) is 18.2 Å². The highest BCUT2D eigenvalue weighted by Gasteiger charge is 2.20. The molecule has 0 aliphatic rings. The van der Waals surface area contributed by atoms with Crippen molar-refractivity contribution in [1.29, 1.82) is 0 Å². The number of fused-ring (bicyclic) bond motifs is 8. The van der Waals surface area contributed by atoms with Crippen LogP contribution in [0.2, 0.25) is 0 Å². The van der Waals surface area contributed by atoms with Gasteiger partial charge in [-0.1, -0.05) is 96.3 Å². The molecule has 9 rings (SSSR count). The highest BCUT2D eigenvalue weighted by molar-refractivity contribution is 7.23. The predicted molar refractivity (Wildman–Crippen MR) is 169 cm³/mol. The normalized spacial score (nSPS) is 11.9. The Morgan fingerprint density at radius 3 is 2.07 bits per heavy atom. The molecule has 0 radical (unpaired) electrons. The van der Waals surface area contributed by atoms with Crippen molar-refractivity contribution in [1.82, 2.24) is 23.9 Å². The molecular weight excluding hydrogens is 522 g/mol. The van der Waals surface area contributed by atoms with Crippen molar-refractivity contribution in [2.24, 2.45) is 0 Å². The molecule has 4 aromatic heterocycles. The zero-order valence-corrected chi connectivity index (χ0v) is 22.6. The van der Waals surface area contributed by atoms with E-state index in [1.165, 1.54) is 4.70 Å². The molecule has 0 spiro atoms. The van der Waals surface area contributed by atoms with Gasteiger partial charge in [0, 0.05) is 22.2 Å². The third-order valence-electron chi connectivity index (χ3n) is 7.76. The van der Waals surface area contributed by atoms with Gasteiger partial charge in [-0.2, -0.15) is 0 Å². The topological polar surface area (TPSA) is 48.0 Å². The first-order valence-corrected chi connectivity index (χ1v) is 14.4. The summed E-state index contributed by atoms with van der Waals surface area (Å²) in [7, 11) is 0. The van der Waals surface area contributed by atoms with Gasteiger partial charge in [0.05, 0.1) is 32.5 Å². The second kappa shape index (κ2) is 8.58. The van der Waals surface area contributed by atoms with Gasteiger partial charge in [-0.25, -0.2) is 15.0 Å². The third-order valence-corrected chi connectivity index (χ3v) is 8.78. The summed E-state index contributed by atoms with van der Waals surface area (Å²) in [5, 5.41) is 1.07. The first kappa shape index (κ1) is 22.5. The number of benzene rings is 5. The van der Waals surface area contributed by atoms with Gasteiger partial charge in [0.25, 0.3) is 0 Å². The van der Waals surface area contributed by atoms with Gasteiger partial charge >= 0.3 is 0 Å². The van der Waals surface area contributed by atoms with E-state index in [0.717, 1.165) is 71.8 Å². The van der Waals surface area contributed by atoms with E-state index in [-0.39, 0.29) is 0 Å². The van der Waals surface area contributed by atoms with Crippen molar-refractivity contribution in [3.05, 3.63) is 127 Å². The largest absolute Gasteiger partial charge is 0.292 e. The summed E-state index contributed by atoms with van der Waals surface area (Å²) < 4.78 is 5.72. The maximum Gasteiger partial charge on any atom is 0.195 e. The molecule has 0 bridgehead atoms. The number of rotatable bonds is 3. The van der Waals surface area contributed by atoms with E-state index >= 15 is 0 Å². The fraction of sp³-hybridized carbons (Fsp3) is 0. The summed E-state index contributed by atoms with van der Waals surface area (Å²) in [4.78, 5) is 16.4.